The number of carbonyl (C=O) groups is 2. The zero-order chi connectivity index (χ0) is 16.8. The maximum absolute atomic E-state index is 12.2. The van der Waals surface area contributed by atoms with E-state index in [-0.39, 0.29) is 17.7 Å². The molecule has 0 bridgehead atoms. The van der Waals surface area contributed by atoms with Crippen LogP contribution in [0.3, 0.4) is 0 Å². The van der Waals surface area contributed by atoms with E-state index in [1.165, 1.54) is 0 Å². The molecule has 0 unspecified atom stereocenters. The molecule has 23 heavy (non-hydrogen) atoms. The molecule has 122 valence electrons. The van der Waals surface area contributed by atoms with Crippen LogP contribution in [0.1, 0.15) is 35.2 Å². The van der Waals surface area contributed by atoms with Crippen molar-refractivity contribution < 1.29 is 9.59 Å². The summed E-state index contributed by atoms with van der Waals surface area (Å²) in [6.07, 6.45) is 2.71. The van der Waals surface area contributed by atoms with Gasteiger partial charge in [0.25, 0.3) is 5.91 Å². The Balaban J connectivity index is 1.83. The number of amides is 2. The monoisotopic (exact) mass is 313 g/mol. The van der Waals surface area contributed by atoms with Crippen molar-refractivity contribution in [3.05, 3.63) is 35.4 Å². The van der Waals surface area contributed by atoms with Crippen molar-refractivity contribution in [2.75, 3.05) is 27.2 Å². The van der Waals surface area contributed by atoms with E-state index in [1.807, 2.05) is 17.0 Å². The Hall–Kier alpha value is -2.35. The molecule has 1 fully saturated rings. The van der Waals surface area contributed by atoms with Gasteiger partial charge >= 0.3 is 0 Å². The summed E-state index contributed by atoms with van der Waals surface area (Å²) in [6.45, 7) is 1.38. The molecule has 0 aliphatic carbocycles. The molecular formula is C18H23N3O2. The predicted molar refractivity (Wildman–Crippen MR) is 87.7 cm³/mol. The topological polar surface area (TPSA) is 64.4 Å². The molecule has 0 N–H and O–H groups in total. The smallest absolute Gasteiger partial charge is 0.253 e. The number of nitrogens with zero attached hydrogens (tertiary/aromatic N) is 3. The molecule has 0 aromatic heterocycles. The summed E-state index contributed by atoms with van der Waals surface area (Å²) in [5, 5.41) is 8.88. The fourth-order valence-electron chi connectivity index (χ4n) is 2.74. The summed E-state index contributed by atoms with van der Waals surface area (Å²) < 4.78 is 0. The van der Waals surface area contributed by atoms with Gasteiger partial charge in [-0.2, -0.15) is 5.26 Å². The number of rotatable bonds is 4. The summed E-state index contributed by atoms with van der Waals surface area (Å²) in [6, 6.07) is 9.70. The molecule has 0 spiro atoms. The Kier molecular flexibility index (Phi) is 5.75. The second-order valence-corrected chi connectivity index (χ2v) is 6.18. The van der Waals surface area contributed by atoms with E-state index in [2.05, 4.69) is 6.07 Å². The van der Waals surface area contributed by atoms with Crippen LogP contribution in [-0.4, -0.2) is 48.8 Å². The lowest BCUT2D eigenvalue weighted by Crippen LogP contribution is -2.38. The van der Waals surface area contributed by atoms with Crippen LogP contribution >= 0.6 is 0 Å². The quantitative estimate of drug-likeness (QED) is 0.855. The van der Waals surface area contributed by atoms with Crippen LogP contribution in [0.5, 0.6) is 0 Å². The molecule has 2 rings (SSSR count). The van der Waals surface area contributed by atoms with Gasteiger partial charge in [-0.1, -0.05) is 12.1 Å². The van der Waals surface area contributed by atoms with E-state index in [0.29, 0.717) is 31.5 Å². The van der Waals surface area contributed by atoms with E-state index < -0.39 is 0 Å². The van der Waals surface area contributed by atoms with Crippen LogP contribution in [0.15, 0.2) is 24.3 Å². The molecule has 0 radical (unpaired) electrons. The first kappa shape index (κ1) is 17.0. The van der Waals surface area contributed by atoms with E-state index in [1.54, 1.807) is 31.1 Å². The van der Waals surface area contributed by atoms with Crippen LogP contribution in [0.25, 0.3) is 0 Å². The number of hydrogen-bond acceptors (Lipinski definition) is 3. The van der Waals surface area contributed by atoms with Gasteiger partial charge in [-0.25, -0.2) is 0 Å². The van der Waals surface area contributed by atoms with Crippen molar-refractivity contribution in [2.24, 2.45) is 5.92 Å². The zero-order valence-electron chi connectivity index (χ0n) is 13.8. The maximum Gasteiger partial charge on any atom is 0.253 e. The van der Waals surface area contributed by atoms with Gasteiger partial charge < -0.3 is 9.80 Å². The van der Waals surface area contributed by atoms with Crippen molar-refractivity contribution in [2.45, 2.75) is 25.7 Å². The van der Waals surface area contributed by atoms with Gasteiger partial charge in [0, 0.05) is 45.1 Å². The molecule has 1 saturated heterocycles. The average molecular weight is 313 g/mol. The SMILES string of the molecule is CN(C)C(=O)c1ccc(CCC(=O)N2CCC(C#N)CC2)cc1. The Labute approximate surface area is 137 Å². The molecule has 1 aromatic carbocycles. The third kappa shape index (κ3) is 4.56. The molecule has 1 aromatic rings. The minimum atomic E-state index is -0.0204. The van der Waals surface area contributed by atoms with Crippen molar-refractivity contribution in [1.82, 2.24) is 9.80 Å². The Morgan fingerprint density at radius 2 is 1.83 bits per heavy atom. The third-order valence-electron chi connectivity index (χ3n) is 4.26. The number of benzene rings is 1. The normalized spacial score (nSPS) is 15.1. The second kappa shape index (κ2) is 7.77. The molecule has 2 amide bonds. The zero-order valence-corrected chi connectivity index (χ0v) is 13.8. The highest BCUT2D eigenvalue weighted by Gasteiger charge is 2.22. The highest BCUT2D eigenvalue weighted by molar-refractivity contribution is 5.93. The van der Waals surface area contributed by atoms with Crippen molar-refractivity contribution in [1.29, 1.82) is 5.26 Å². The molecule has 1 aliphatic heterocycles. The molecule has 5 nitrogen and oxygen atoms in total. The van der Waals surface area contributed by atoms with E-state index in [4.69, 9.17) is 5.26 Å². The lowest BCUT2D eigenvalue weighted by Gasteiger charge is -2.29. The molecule has 0 saturated carbocycles. The van der Waals surface area contributed by atoms with Crippen molar-refractivity contribution >= 4 is 11.8 Å². The van der Waals surface area contributed by atoms with Crippen molar-refractivity contribution in [3.63, 3.8) is 0 Å². The predicted octanol–water partition coefficient (Wildman–Crippen LogP) is 2.08. The van der Waals surface area contributed by atoms with E-state index in [0.717, 1.165) is 18.4 Å². The fourth-order valence-corrected chi connectivity index (χ4v) is 2.74. The number of hydrogen-bond donors (Lipinski definition) is 0. The van der Waals surface area contributed by atoms with E-state index in [9.17, 15) is 9.59 Å². The lowest BCUT2D eigenvalue weighted by atomic mass is 9.98. The molecule has 1 aliphatic rings. The van der Waals surface area contributed by atoms with Gasteiger partial charge in [-0.3, -0.25) is 9.59 Å². The molecule has 5 heteroatoms. The minimum Gasteiger partial charge on any atom is -0.345 e. The first-order chi connectivity index (χ1) is 11.0. The van der Waals surface area contributed by atoms with Crippen LogP contribution in [-0.2, 0) is 11.2 Å². The van der Waals surface area contributed by atoms with Crippen LogP contribution in [0, 0.1) is 17.2 Å². The Morgan fingerprint density at radius 1 is 1.22 bits per heavy atom. The van der Waals surface area contributed by atoms with Gasteiger partial charge in [-0.05, 0) is 37.0 Å². The molecule has 0 atom stereocenters. The number of aryl methyl sites for hydroxylation is 1. The highest BCUT2D eigenvalue weighted by Crippen LogP contribution is 2.17. The summed E-state index contributed by atoms with van der Waals surface area (Å²) in [7, 11) is 3.45. The first-order valence-electron chi connectivity index (χ1n) is 7.99. The van der Waals surface area contributed by atoms with Crippen LogP contribution < -0.4 is 0 Å². The summed E-state index contributed by atoms with van der Waals surface area (Å²) in [5.41, 5.74) is 1.71. The molecular weight excluding hydrogens is 290 g/mol. The average Bonchev–Trinajstić information content (AvgIpc) is 2.59. The summed E-state index contributed by atoms with van der Waals surface area (Å²) in [5.74, 6) is 0.226. The largest absolute Gasteiger partial charge is 0.345 e. The van der Waals surface area contributed by atoms with Crippen molar-refractivity contribution in [3.8, 4) is 6.07 Å². The number of carbonyl (C=O) groups excluding carboxylic acids is 2. The standard InChI is InChI=1S/C18H23N3O2/c1-20(2)18(23)16-6-3-14(4-7-16)5-8-17(22)21-11-9-15(13-19)10-12-21/h3-4,6-7,15H,5,8-12H2,1-2H3. The fraction of sp³-hybridized carbons (Fsp3) is 0.500. The van der Waals surface area contributed by atoms with Crippen LogP contribution in [0.4, 0.5) is 0 Å². The summed E-state index contributed by atoms with van der Waals surface area (Å²) >= 11 is 0. The molecule has 1 heterocycles. The van der Waals surface area contributed by atoms with Crippen LogP contribution in [0.2, 0.25) is 0 Å². The number of likely N-dealkylation sites (tertiary alicyclic amines) is 1. The van der Waals surface area contributed by atoms with Gasteiger partial charge in [0.15, 0.2) is 0 Å². The minimum absolute atomic E-state index is 0.0204. The van der Waals surface area contributed by atoms with Gasteiger partial charge in [0.2, 0.25) is 5.91 Å². The van der Waals surface area contributed by atoms with Gasteiger partial charge in [-0.15, -0.1) is 0 Å². The van der Waals surface area contributed by atoms with E-state index >= 15 is 0 Å². The second-order valence-electron chi connectivity index (χ2n) is 6.18. The lowest BCUT2D eigenvalue weighted by molar-refractivity contribution is -0.132. The highest BCUT2D eigenvalue weighted by atomic mass is 16.2. The Bertz CT molecular complexity index is 594. The number of nitriles is 1. The number of piperidine rings is 1. The first-order valence-corrected chi connectivity index (χ1v) is 7.99. The third-order valence-corrected chi connectivity index (χ3v) is 4.26. The maximum atomic E-state index is 12.2. The summed E-state index contributed by atoms with van der Waals surface area (Å²) in [4.78, 5) is 27.4. The van der Waals surface area contributed by atoms with Gasteiger partial charge in [0.05, 0.1) is 6.07 Å². The van der Waals surface area contributed by atoms with Gasteiger partial charge in [0.1, 0.15) is 0 Å². The Morgan fingerprint density at radius 3 is 2.35 bits per heavy atom.